The standard InChI is InChI=1S/C24H28FN3O/c1-18(2)17-29-23-9-5-20(6-10-23)16-28(15-19-3-7-22(25)8-4-19)24-13-21(14-26)11-12-27-24/h3-13,18H,14-17,26H2,1-2H3. The van der Waals surface area contributed by atoms with Crippen molar-refractivity contribution in [1.82, 2.24) is 4.98 Å². The first kappa shape index (κ1) is 20.8. The van der Waals surface area contributed by atoms with Gasteiger partial charge in [0.2, 0.25) is 0 Å². The average molecular weight is 394 g/mol. The van der Waals surface area contributed by atoms with Gasteiger partial charge in [-0.25, -0.2) is 9.37 Å². The van der Waals surface area contributed by atoms with Crippen LogP contribution in [0.15, 0.2) is 66.9 Å². The van der Waals surface area contributed by atoms with E-state index < -0.39 is 0 Å². The highest BCUT2D eigenvalue weighted by molar-refractivity contribution is 5.43. The quantitative estimate of drug-likeness (QED) is 0.561. The molecular weight excluding hydrogens is 365 g/mol. The Bertz CT molecular complexity index is 895. The van der Waals surface area contributed by atoms with Crippen molar-refractivity contribution in [3.05, 3.63) is 89.4 Å². The van der Waals surface area contributed by atoms with Gasteiger partial charge >= 0.3 is 0 Å². The van der Waals surface area contributed by atoms with Crippen LogP contribution in [0.1, 0.15) is 30.5 Å². The molecule has 3 aromatic rings. The Morgan fingerprint density at radius 3 is 2.14 bits per heavy atom. The van der Waals surface area contributed by atoms with Gasteiger partial charge in [0.05, 0.1) is 6.61 Å². The van der Waals surface area contributed by atoms with Crippen LogP contribution in [0.25, 0.3) is 0 Å². The third-order valence-corrected chi connectivity index (χ3v) is 4.54. The van der Waals surface area contributed by atoms with Gasteiger partial charge < -0.3 is 15.4 Å². The summed E-state index contributed by atoms with van der Waals surface area (Å²) in [5.41, 5.74) is 8.99. The Hall–Kier alpha value is -2.92. The Morgan fingerprint density at radius 2 is 1.55 bits per heavy atom. The summed E-state index contributed by atoms with van der Waals surface area (Å²) >= 11 is 0. The lowest BCUT2D eigenvalue weighted by atomic mass is 10.1. The molecule has 0 amide bonds. The molecule has 4 nitrogen and oxygen atoms in total. The lowest BCUT2D eigenvalue weighted by Crippen LogP contribution is -2.23. The number of benzene rings is 2. The van der Waals surface area contributed by atoms with Crippen molar-refractivity contribution in [2.24, 2.45) is 11.7 Å². The van der Waals surface area contributed by atoms with E-state index in [0.717, 1.165) is 28.3 Å². The fraction of sp³-hybridized carbons (Fsp3) is 0.292. The molecule has 0 radical (unpaired) electrons. The van der Waals surface area contributed by atoms with E-state index in [-0.39, 0.29) is 5.82 Å². The molecule has 0 atom stereocenters. The number of anilines is 1. The molecule has 2 N–H and O–H groups in total. The molecular formula is C24H28FN3O. The van der Waals surface area contributed by atoms with Crippen LogP contribution in [0.5, 0.6) is 5.75 Å². The zero-order chi connectivity index (χ0) is 20.6. The van der Waals surface area contributed by atoms with Gasteiger partial charge in [-0.1, -0.05) is 38.1 Å². The number of hydrogen-bond donors (Lipinski definition) is 1. The molecule has 0 saturated heterocycles. The van der Waals surface area contributed by atoms with Crippen molar-refractivity contribution < 1.29 is 9.13 Å². The smallest absolute Gasteiger partial charge is 0.129 e. The van der Waals surface area contributed by atoms with Crippen molar-refractivity contribution in [3.8, 4) is 5.75 Å². The van der Waals surface area contributed by atoms with Crippen LogP contribution < -0.4 is 15.4 Å². The minimum absolute atomic E-state index is 0.236. The fourth-order valence-electron chi connectivity index (χ4n) is 2.96. The highest BCUT2D eigenvalue weighted by Gasteiger charge is 2.11. The van der Waals surface area contributed by atoms with E-state index in [1.807, 2.05) is 24.3 Å². The second-order valence-corrected chi connectivity index (χ2v) is 7.56. The predicted octanol–water partition coefficient (Wildman–Crippen LogP) is 4.92. The number of rotatable bonds is 9. The zero-order valence-electron chi connectivity index (χ0n) is 17.0. The molecule has 29 heavy (non-hydrogen) atoms. The molecule has 0 aliphatic heterocycles. The molecule has 0 aliphatic rings. The van der Waals surface area contributed by atoms with Crippen molar-refractivity contribution in [3.63, 3.8) is 0 Å². The summed E-state index contributed by atoms with van der Waals surface area (Å²) in [6.45, 7) is 6.71. The lowest BCUT2D eigenvalue weighted by Gasteiger charge is -2.25. The minimum Gasteiger partial charge on any atom is -0.493 e. The van der Waals surface area contributed by atoms with E-state index in [4.69, 9.17) is 10.5 Å². The van der Waals surface area contributed by atoms with E-state index in [0.29, 0.717) is 32.2 Å². The molecule has 0 aliphatic carbocycles. The molecule has 1 aromatic heterocycles. The molecule has 0 saturated carbocycles. The Labute approximate surface area is 172 Å². The van der Waals surface area contributed by atoms with Gasteiger partial charge in [-0.05, 0) is 59.0 Å². The van der Waals surface area contributed by atoms with Crippen LogP contribution >= 0.6 is 0 Å². The number of nitrogens with two attached hydrogens (primary N) is 1. The van der Waals surface area contributed by atoms with Crippen LogP contribution in [0.3, 0.4) is 0 Å². The molecule has 0 spiro atoms. The maximum Gasteiger partial charge on any atom is 0.129 e. The average Bonchev–Trinajstić information content (AvgIpc) is 2.74. The van der Waals surface area contributed by atoms with Gasteiger partial charge in [-0.2, -0.15) is 0 Å². The first-order valence-corrected chi connectivity index (χ1v) is 9.89. The van der Waals surface area contributed by atoms with Crippen LogP contribution in [0.4, 0.5) is 10.2 Å². The zero-order valence-corrected chi connectivity index (χ0v) is 17.0. The summed E-state index contributed by atoms with van der Waals surface area (Å²) in [5.74, 6) is 1.97. The third kappa shape index (κ3) is 6.29. The third-order valence-electron chi connectivity index (χ3n) is 4.54. The number of nitrogens with zero attached hydrogens (tertiary/aromatic N) is 2. The summed E-state index contributed by atoms with van der Waals surface area (Å²) in [5, 5.41) is 0. The van der Waals surface area contributed by atoms with Crippen molar-refractivity contribution in [1.29, 1.82) is 0 Å². The Kier molecular flexibility index (Phi) is 7.19. The number of ether oxygens (including phenoxy) is 1. The highest BCUT2D eigenvalue weighted by Crippen LogP contribution is 2.21. The van der Waals surface area contributed by atoms with E-state index >= 15 is 0 Å². The largest absolute Gasteiger partial charge is 0.493 e. The van der Waals surface area contributed by atoms with Crippen LogP contribution in [-0.2, 0) is 19.6 Å². The molecule has 0 fully saturated rings. The van der Waals surface area contributed by atoms with Crippen molar-refractivity contribution in [2.45, 2.75) is 33.5 Å². The lowest BCUT2D eigenvalue weighted by molar-refractivity contribution is 0.271. The summed E-state index contributed by atoms with van der Waals surface area (Å²) < 4.78 is 19.1. The number of halogens is 1. The first-order chi connectivity index (χ1) is 14.0. The van der Waals surface area contributed by atoms with Crippen LogP contribution in [0.2, 0.25) is 0 Å². The van der Waals surface area contributed by atoms with Crippen LogP contribution in [0, 0.1) is 11.7 Å². The second kappa shape index (κ2) is 10.0. The monoisotopic (exact) mass is 393 g/mol. The maximum atomic E-state index is 13.3. The topological polar surface area (TPSA) is 51.4 Å². The van der Waals surface area contributed by atoms with Crippen LogP contribution in [-0.4, -0.2) is 11.6 Å². The molecule has 1 heterocycles. The summed E-state index contributed by atoms with van der Waals surface area (Å²) in [6.07, 6.45) is 1.78. The normalized spacial score (nSPS) is 10.9. The summed E-state index contributed by atoms with van der Waals surface area (Å²) in [4.78, 5) is 6.70. The SMILES string of the molecule is CC(C)COc1ccc(CN(Cc2ccc(F)cc2)c2cc(CN)ccn2)cc1. The molecule has 3 rings (SSSR count). The number of pyridine rings is 1. The van der Waals surface area contributed by atoms with E-state index in [2.05, 4.69) is 35.9 Å². The molecule has 0 unspecified atom stereocenters. The maximum absolute atomic E-state index is 13.3. The van der Waals surface area contributed by atoms with Gasteiger partial charge in [0, 0.05) is 25.8 Å². The Morgan fingerprint density at radius 1 is 0.931 bits per heavy atom. The molecule has 152 valence electrons. The summed E-state index contributed by atoms with van der Waals surface area (Å²) in [6, 6.07) is 18.6. The van der Waals surface area contributed by atoms with E-state index in [9.17, 15) is 4.39 Å². The molecule has 5 heteroatoms. The Balaban J connectivity index is 1.79. The van der Waals surface area contributed by atoms with Gasteiger partial charge in [0.15, 0.2) is 0 Å². The first-order valence-electron chi connectivity index (χ1n) is 9.89. The van der Waals surface area contributed by atoms with Gasteiger partial charge in [0.25, 0.3) is 0 Å². The van der Waals surface area contributed by atoms with Crippen molar-refractivity contribution in [2.75, 3.05) is 11.5 Å². The van der Waals surface area contributed by atoms with Gasteiger partial charge in [-0.3, -0.25) is 0 Å². The van der Waals surface area contributed by atoms with E-state index in [1.54, 1.807) is 18.3 Å². The molecule has 2 aromatic carbocycles. The van der Waals surface area contributed by atoms with Crippen molar-refractivity contribution >= 4 is 5.82 Å². The minimum atomic E-state index is -0.236. The fourth-order valence-corrected chi connectivity index (χ4v) is 2.96. The second-order valence-electron chi connectivity index (χ2n) is 7.56. The predicted molar refractivity (Wildman–Crippen MR) is 115 cm³/mol. The summed E-state index contributed by atoms with van der Waals surface area (Å²) in [7, 11) is 0. The number of aromatic nitrogens is 1. The molecule has 0 bridgehead atoms. The highest BCUT2D eigenvalue weighted by atomic mass is 19.1. The van der Waals surface area contributed by atoms with Gasteiger partial charge in [-0.15, -0.1) is 0 Å². The van der Waals surface area contributed by atoms with Gasteiger partial charge in [0.1, 0.15) is 17.4 Å². The number of hydrogen-bond acceptors (Lipinski definition) is 4. The van der Waals surface area contributed by atoms with E-state index in [1.165, 1.54) is 12.1 Å².